The number of unbranched alkanes of at least 4 members (excludes halogenated alkanes) is 3. The smallest absolute Gasteiger partial charge is 0.299 e. The highest BCUT2D eigenvalue weighted by molar-refractivity contribution is 5.06. The molecule has 0 spiro atoms. The summed E-state index contributed by atoms with van der Waals surface area (Å²) in [6, 6.07) is 1.88. The van der Waals surface area contributed by atoms with Crippen molar-refractivity contribution in [1.82, 2.24) is 9.55 Å². The molecule has 1 heterocycles. The van der Waals surface area contributed by atoms with Gasteiger partial charge in [-0.1, -0.05) is 12.8 Å². The average molecular weight is 240 g/mol. The molecule has 1 aromatic rings. The van der Waals surface area contributed by atoms with E-state index in [0.717, 1.165) is 25.7 Å². The van der Waals surface area contributed by atoms with Crippen LogP contribution in [0, 0.1) is 6.92 Å². The summed E-state index contributed by atoms with van der Waals surface area (Å²) >= 11 is 0. The Labute approximate surface area is 101 Å². The van der Waals surface area contributed by atoms with Crippen molar-refractivity contribution in [3.8, 4) is 6.01 Å². The molecule has 0 aromatic carbocycles. The second-order valence-electron chi connectivity index (χ2n) is 4.01. The Morgan fingerprint density at radius 3 is 2.71 bits per heavy atom. The third-order valence-corrected chi connectivity index (χ3v) is 2.57. The number of methoxy groups -OCH3 is 1. The van der Waals surface area contributed by atoms with Gasteiger partial charge in [0.05, 0.1) is 7.11 Å². The van der Waals surface area contributed by atoms with Crippen LogP contribution < -0.4 is 10.3 Å². The molecule has 5 heteroatoms. The largest absolute Gasteiger partial charge is 0.468 e. The number of aromatic nitrogens is 2. The van der Waals surface area contributed by atoms with Crippen LogP contribution in [-0.2, 0) is 6.54 Å². The molecule has 1 rings (SSSR count). The van der Waals surface area contributed by atoms with Gasteiger partial charge >= 0.3 is 0 Å². The number of aryl methyl sites for hydroxylation is 1. The van der Waals surface area contributed by atoms with Gasteiger partial charge in [-0.3, -0.25) is 9.36 Å². The second-order valence-corrected chi connectivity index (χ2v) is 4.01. The number of ether oxygens (including phenoxy) is 1. The van der Waals surface area contributed by atoms with Gasteiger partial charge in [-0.15, -0.1) is 0 Å². The molecule has 0 bridgehead atoms. The summed E-state index contributed by atoms with van der Waals surface area (Å²) in [4.78, 5) is 15.9. The molecule has 0 radical (unpaired) electrons. The van der Waals surface area contributed by atoms with E-state index in [4.69, 9.17) is 9.84 Å². The Balaban J connectivity index is 2.61. The van der Waals surface area contributed by atoms with Crippen molar-refractivity contribution in [1.29, 1.82) is 0 Å². The van der Waals surface area contributed by atoms with E-state index in [-0.39, 0.29) is 12.2 Å². The first-order chi connectivity index (χ1) is 8.19. The number of aliphatic hydroxyl groups is 1. The molecule has 0 aliphatic rings. The van der Waals surface area contributed by atoms with Gasteiger partial charge < -0.3 is 9.84 Å². The SMILES string of the molecule is COc1nc(C)cc(=O)n1CCCCCCO. The predicted molar refractivity (Wildman–Crippen MR) is 65.3 cm³/mol. The minimum atomic E-state index is -0.0727. The Bertz CT molecular complexity index is 401. The molecule has 0 aliphatic heterocycles. The minimum absolute atomic E-state index is 0.0727. The van der Waals surface area contributed by atoms with Crippen molar-refractivity contribution in [2.24, 2.45) is 0 Å². The Morgan fingerprint density at radius 2 is 2.06 bits per heavy atom. The standard InChI is InChI=1S/C12H20N2O3/c1-10-9-11(16)14(12(13-10)17-2)7-5-3-4-6-8-15/h9,15H,3-8H2,1-2H3. The molecular formula is C12H20N2O3. The quantitative estimate of drug-likeness (QED) is 0.725. The van der Waals surface area contributed by atoms with E-state index in [2.05, 4.69) is 4.98 Å². The van der Waals surface area contributed by atoms with Crippen molar-refractivity contribution < 1.29 is 9.84 Å². The summed E-state index contributed by atoms with van der Waals surface area (Å²) < 4.78 is 6.64. The van der Waals surface area contributed by atoms with Gasteiger partial charge in [0.1, 0.15) is 0 Å². The summed E-state index contributed by atoms with van der Waals surface area (Å²) in [5, 5.41) is 8.65. The number of hydrogen-bond acceptors (Lipinski definition) is 4. The molecule has 1 aromatic heterocycles. The molecule has 0 amide bonds. The van der Waals surface area contributed by atoms with E-state index in [9.17, 15) is 4.79 Å². The lowest BCUT2D eigenvalue weighted by Gasteiger charge is -2.10. The number of nitrogens with zero attached hydrogens (tertiary/aromatic N) is 2. The van der Waals surface area contributed by atoms with Gasteiger partial charge in [-0.2, -0.15) is 0 Å². The van der Waals surface area contributed by atoms with E-state index in [1.807, 2.05) is 0 Å². The molecule has 0 saturated heterocycles. The van der Waals surface area contributed by atoms with Crippen LogP contribution in [0.1, 0.15) is 31.4 Å². The van der Waals surface area contributed by atoms with Gasteiger partial charge in [-0.25, -0.2) is 4.98 Å². The molecule has 96 valence electrons. The average Bonchev–Trinajstić information content (AvgIpc) is 2.30. The Kier molecular flexibility index (Phi) is 5.69. The van der Waals surface area contributed by atoms with Crippen LogP contribution in [0.3, 0.4) is 0 Å². The lowest BCUT2D eigenvalue weighted by Crippen LogP contribution is -2.22. The lowest BCUT2D eigenvalue weighted by atomic mass is 10.2. The lowest BCUT2D eigenvalue weighted by molar-refractivity contribution is 0.281. The van der Waals surface area contributed by atoms with Gasteiger partial charge in [-0.05, 0) is 19.8 Å². The van der Waals surface area contributed by atoms with Crippen LogP contribution in [0.15, 0.2) is 10.9 Å². The van der Waals surface area contributed by atoms with E-state index < -0.39 is 0 Å². The fraction of sp³-hybridized carbons (Fsp3) is 0.667. The van der Waals surface area contributed by atoms with Gasteiger partial charge in [0.15, 0.2) is 0 Å². The third-order valence-electron chi connectivity index (χ3n) is 2.57. The molecule has 0 atom stereocenters. The van der Waals surface area contributed by atoms with Crippen molar-refractivity contribution in [3.05, 3.63) is 22.1 Å². The summed E-state index contributed by atoms with van der Waals surface area (Å²) in [7, 11) is 1.52. The molecule has 1 N–H and O–H groups in total. The topological polar surface area (TPSA) is 64.3 Å². The zero-order chi connectivity index (χ0) is 12.7. The molecule has 0 fully saturated rings. The fourth-order valence-electron chi connectivity index (χ4n) is 1.69. The normalized spacial score (nSPS) is 10.5. The van der Waals surface area contributed by atoms with Crippen LogP contribution in [0.4, 0.5) is 0 Å². The van der Waals surface area contributed by atoms with E-state index in [0.29, 0.717) is 18.2 Å². The third kappa shape index (κ3) is 4.19. The molecular weight excluding hydrogens is 220 g/mol. The number of rotatable bonds is 7. The van der Waals surface area contributed by atoms with Gasteiger partial charge in [0.2, 0.25) is 0 Å². The van der Waals surface area contributed by atoms with Crippen LogP contribution in [0.2, 0.25) is 0 Å². The Morgan fingerprint density at radius 1 is 1.35 bits per heavy atom. The molecule has 0 saturated carbocycles. The van der Waals surface area contributed by atoms with E-state index in [1.165, 1.54) is 13.2 Å². The maximum Gasteiger partial charge on any atom is 0.299 e. The van der Waals surface area contributed by atoms with Crippen LogP contribution in [0.5, 0.6) is 6.01 Å². The summed E-state index contributed by atoms with van der Waals surface area (Å²) in [5.41, 5.74) is 0.597. The van der Waals surface area contributed by atoms with E-state index in [1.54, 1.807) is 11.5 Å². The second kappa shape index (κ2) is 7.06. The Hall–Kier alpha value is -1.36. The monoisotopic (exact) mass is 240 g/mol. The summed E-state index contributed by atoms with van der Waals surface area (Å²) in [5.74, 6) is 0. The minimum Gasteiger partial charge on any atom is -0.468 e. The molecule has 0 aliphatic carbocycles. The first-order valence-electron chi connectivity index (χ1n) is 5.92. The van der Waals surface area contributed by atoms with Crippen LogP contribution in [0.25, 0.3) is 0 Å². The fourth-order valence-corrected chi connectivity index (χ4v) is 1.69. The maximum absolute atomic E-state index is 11.7. The predicted octanol–water partition coefficient (Wildman–Crippen LogP) is 1.11. The highest BCUT2D eigenvalue weighted by atomic mass is 16.5. The first kappa shape index (κ1) is 13.7. The van der Waals surface area contributed by atoms with Crippen molar-refractivity contribution in [2.45, 2.75) is 39.2 Å². The zero-order valence-electron chi connectivity index (χ0n) is 10.5. The van der Waals surface area contributed by atoms with E-state index >= 15 is 0 Å². The molecule has 17 heavy (non-hydrogen) atoms. The molecule has 0 unspecified atom stereocenters. The van der Waals surface area contributed by atoms with Crippen molar-refractivity contribution in [3.63, 3.8) is 0 Å². The van der Waals surface area contributed by atoms with Crippen LogP contribution >= 0.6 is 0 Å². The van der Waals surface area contributed by atoms with Crippen molar-refractivity contribution in [2.75, 3.05) is 13.7 Å². The van der Waals surface area contributed by atoms with Crippen LogP contribution in [-0.4, -0.2) is 28.4 Å². The highest BCUT2D eigenvalue weighted by Gasteiger charge is 2.06. The number of aliphatic hydroxyl groups excluding tert-OH is 1. The zero-order valence-corrected chi connectivity index (χ0v) is 10.5. The summed E-state index contributed by atoms with van der Waals surface area (Å²) in [6.07, 6.45) is 3.68. The molecule has 5 nitrogen and oxygen atoms in total. The summed E-state index contributed by atoms with van der Waals surface area (Å²) in [6.45, 7) is 2.62. The van der Waals surface area contributed by atoms with Crippen molar-refractivity contribution >= 4 is 0 Å². The first-order valence-corrected chi connectivity index (χ1v) is 5.92. The number of hydrogen-bond donors (Lipinski definition) is 1. The highest BCUT2D eigenvalue weighted by Crippen LogP contribution is 2.07. The van der Waals surface area contributed by atoms with Gasteiger partial charge in [0, 0.05) is 24.9 Å². The van der Waals surface area contributed by atoms with Gasteiger partial charge in [0.25, 0.3) is 11.6 Å². The maximum atomic E-state index is 11.7.